The Morgan fingerprint density at radius 2 is 0.795 bits per heavy atom. The van der Waals surface area contributed by atoms with Crippen molar-refractivity contribution in [2.24, 2.45) is 0 Å². The van der Waals surface area contributed by atoms with Gasteiger partial charge in [0.05, 0.1) is 5.69 Å². The lowest BCUT2D eigenvalue weighted by Gasteiger charge is -2.43. The minimum Gasteiger partial charge on any atom is -0.356 e. The summed E-state index contributed by atoms with van der Waals surface area (Å²) in [6.45, 7) is 9.24. The zero-order chi connectivity index (χ0) is 56.0. The van der Waals surface area contributed by atoms with Crippen LogP contribution in [0.3, 0.4) is 0 Å². The first-order chi connectivity index (χ1) is 40.8. The van der Waals surface area contributed by atoms with E-state index in [1.54, 1.807) is 0 Å². The van der Waals surface area contributed by atoms with Gasteiger partial charge in [0.1, 0.15) is 0 Å². The smallest absolute Gasteiger partial charge is 0.252 e. The highest BCUT2D eigenvalue weighted by molar-refractivity contribution is 7.00. The maximum Gasteiger partial charge on any atom is 0.252 e. The first-order valence-corrected chi connectivity index (χ1v) is 29.6. The SMILES string of the molecule is CCCCc1cc(-c2ccccc2)cc(-c2ccccc2)c1-c1cc(-c2ccccc2)cc2c1Nc1cc(C(C)(C)C)cc3c1B2c1cc(-c2ccccc2)ccc1N3c1c(-c2ccccc2)cc(-c2ccccc2)cc1-c1ccccc1. The van der Waals surface area contributed by atoms with Crippen molar-refractivity contribution in [3.63, 3.8) is 0 Å². The molecule has 0 saturated carbocycles. The van der Waals surface area contributed by atoms with Crippen LogP contribution in [0.5, 0.6) is 0 Å². The molecule has 2 aliphatic rings. The van der Waals surface area contributed by atoms with Crippen LogP contribution in [0, 0.1) is 0 Å². The largest absolute Gasteiger partial charge is 0.356 e. The van der Waals surface area contributed by atoms with E-state index in [0.29, 0.717) is 0 Å². The third-order valence-electron chi connectivity index (χ3n) is 17.2. The number of hydrogen-bond acceptors (Lipinski definition) is 2. The molecule has 12 aromatic carbocycles. The second-order valence-corrected chi connectivity index (χ2v) is 23.5. The average molecular weight is 1070 g/mol. The average Bonchev–Trinajstić information content (AvgIpc) is 1.36. The number of hydrogen-bond donors (Lipinski definition) is 1. The van der Waals surface area contributed by atoms with E-state index in [1.165, 1.54) is 117 Å². The molecule has 398 valence electrons. The predicted molar refractivity (Wildman–Crippen MR) is 356 cm³/mol. The van der Waals surface area contributed by atoms with Crippen LogP contribution in [-0.4, -0.2) is 6.71 Å². The molecule has 0 radical (unpaired) electrons. The maximum absolute atomic E-state index is 4.39. The Labute approximate surface area is 490 Å². The van der Waals surface area contributed by atoms with Crippen molar-refractivity contribution < 1.29 is 0 Å². The molecule has 1 N–H and O–H groups in total. The highest BCUT2D eigenvalue weighted by Crippen LogP contribution is 2.53. The predicted octanol–water partition coefficient (Wildman–Crippen LogP) is 20.0. The molecule has 12 aromatic rings. The molecular weight excluding hydrogens is 1000 g/mol. The maximum atomic E-state index is 4.39. The molecule has 0 aromatic heterocycles. The standard InChI is InChI=1S/C80H65BN2/c1-5-6-28-62-45-63(55-31-16-8-17-32-55)46-67(58-37-22-11-23-38-58)76(62)70-49-65(57-35-20-10-21-36-57)51-72-78(70)82-73-52-66(80(2,3)4)53-75-77(73)81(72)71-50-61(54-29-14-7-15-30-54)43-44-74(71)83(75)79-68(59-39-24-12-25-40-59)47-64(56-33-18-9-19-34-56)48-69(79)60-41-26-13-27-42-60/h7-27,29-53,82H,5-6,28H2,1-4H3. The molecule has 2 nitrogen and oxygen atoms in total. The van der Waals surface area contributed by atoms with E-state index in [4.69, 9.17) is 0 Å². The molecule has 0 saturated heterocycles. The Balaban J connectivity index is 1.12. The molecule has 3 heteroatoms. The molecule has 2 heterocycles. The molecular formula is C80H65BN2. The molecule has 0 spiro atoms. The fourth-order valence-electron chi connectivity index (χ4n) is 13.0. The van der Waals surface area contributed by atoms with Gasteiger partial charge >= 0.3 is 0 Å². The van der Waals surface area contributed by atoms with Gasteiger partial charge < -0.3 is 10.2 Å². The summed E-state index contributed by atoms with van der Waals surface area (Å²) in [7, 11) is 0. The molecule has 0 bridgehead atoms. The molecule has 0 amide bonds. The van der Waals surface area contributed by atoms with Crippen molar-refractivity contribution in [2.75, 3.05) is 10.2 Å². The lowest BCUT2D eigenvalue weighted by molar-refractivity contribution is 0.591. The summed E-state index contributed by atoms with van der Waals surface area (Å²) in [5.41, 5.74) is 31.2. The van der Waals surface area contributed by atoms with E-state index < -0.39 is 0 Å². The fourth-order valence-corrected chi connectivity index (χ4v) is 13.0. The van der Waals surface area contributed by atoms with Crippen LogP contribution in [-0.2, 0) is 11.8 Å². The quantitative estimate of drug-likeness (QED) is 0.123. The molecule has 0 fully saturated rings. The van der Waals surface area contributed by atoms with Gasteiger partial charge in [-0.05, 0) is 161 Å². The number of anilines is 5. The van der Waals surface area contributed by atoms with Gasteiger partial charge in [0.25, 0.3) is 6.71 Å². The molecule has 0 atom stereocenters. The van der Waals surface area contributed by atoms with Gasteiger partial charge in [0.15, 0.2) is 0 Å². The van der Waals surface area contributed by atoms with Crippen molar-refractivity contribution in [3.05, 3.63) is 290 Å². The molecule has 0 aliphatic carbocycles. The summed E-state index contributed by atoms with van der Waals surface area (Å²) in [5, 5.41) is 4.39. The van der Waals surface area contributed by atoms with Crippen LogP contribution in [0.4, 0.5) is 28.4 Å². The third kappa shape index (κ3) is 9.56. The lowest BCUT2D eigenvalue weighted by atomic mass is 9.33. The number of unbranched alkanes of at least 4 members (excludes halogenated alkanes) is 1. The normalized spacial score (nSPS) is 12.3. The van der Waals surface area contributed by atoms with Crippen LogP contribution >= 0.6 is 0 Å². The highest BCUT2D eigenvalue weighted by Gasteiger charge is 2.44. The Morgan fingerprint density at radius 3 is 1.29 bits per heavy atom. The van der Waals surface area contributed by atoms with Crippen LogP contribution in [0.25, 0.3) is 89.0 Å². The van der Waals surface area contributed by atoms with Crippen LogP contribution in [0.15, 0.2) is 279 Å². The van der Waals surface area contributed by atoms with E-state index in [2.05, 4.69) is 317 Å². The zero-order valence-electron chi connectivity index (χ0n) is 47.7. The van der Waals surface area contributed by atoms with Gasteiger partial charge in [-0.1, -0.05) is 271 Å². The zero-order valence-corrected chi connectivity index (χ0v) is 47.7. The summed E-state index contributed by atoms with van der Waals surface area (Å²) in [4.78, 5) is 2.65. The highest BCUT2D eigenvalue weighted by atomic mass is 15.2. The van der Waals surface area contributed by atoms with Crippen LogP contribution in [0.2, 0.25) is 0 Å². The third-order valence-corrected chi connectivity index (χ3v) is 17.2. The molecule has 2 aliphatic heterocycles. The summed E-state index contributed by atoms with van der Waals surface area (Å²) in [5.74, 6) is 0. The number of fused-ring (bicyclic) bond motifs is 4. The van der Waals surface area contributed by atoms with E-state index in [9.17, 15) is 0 Å². The minimum absolute atomic E-state index is 0.158. The van der Waals surface area contributed by atoms with Crippen molar-refractivity contribution in [1.82, 2.24) is 0 Å². The molecule has 0 unspecified atom stereocenters. The van der Waals surface area contributed by atoms with E-state index in [-0.39, 0.29) is 12.1 Å². The van der Waals surface area contributed by atoms with Crippen LogP contribution in [0.1, 0.15) is 51.7 Å². The van der Waals surface area contributed by atoms with Gasteiger partial charge in [-0.2, -0.15) is 0 Å². The fraction of sp³-hybridized carbons (Fsp3) is 0.100. The lowest BCUT2D eigenvalue weighted by Crippen LogP contribution is -2.60. The Morgan fingerprint density at radius 1 is 0.373 bits per heavy atom. The Hall–Kier alpha value is -9.70. The molecule has 14 rings (SSSR count). The molecule has 83 heavy (non-hydrogen) atoms. The first-order valence-electron chi connectivity index (χ1n) is 29.6. The van der Waals surface area contributed by atoms with E-state index in [0.717, 1.165) is 47.5 Å². The number of nitrogens with one attached hydrogen (secondary N) is 1. The van der Waals surface area contributed by atoms with Gasteiger partial charge in [-0.15, -0.1) is 0 Å². The van der Waals surface area contributed by atoms with Gasteiger partial charge in [0.2, 0.25) is 0 Å². The number of nitrogens with zero attached hydrogens (tertiary/aromatic N) is 1. The number of rotatable bonds is 12. The van der Waals surface area contributed by atoms with Crippen molar-refractivity contribution in [3.8, 4) is 89.0 Å². The Kier molecular flexibility index (Phi) is 13.4. The second-order valence-electron chi connectivity index (χ2n) is 23.5. The monoisotopic (exact) mass is 1060 g/mol. The van der Waals surface area contributed by atoms with Crippen molar-refractivity contribution in [1.29, 1.82) is 0 Å². The van der Waals surface area contributed by atoms with Gasteiger partial charge in [-0.25, -0.2) is 0 Å². The summed E-state index contributed by atoms with van der Waals surface area (Å²) in [6, 6.07) is 104. The van der Waals surface area contributed by atoms with E-state index in [1.807, 2.05) is 0 Å². The summed E-state index contributed by atoms with van der Waals surface area (Å²) < 4.78 is 0. The van der Waals surface area contributed by atoms with Crippen molar-refractivity contribution in [2.45, 2.75) is 52.4 Å². The number of benzene rings is 12. The van der Waals surface area contributed by atoms with Crippen molar-refractivity contribution >= 4 is 51.5 Å². The van der Waals surface area contributed by atoms with Gasteiger partial charge in [-0.3, -0.25) is 0 Å². The number of aryl methyl sites for hydroxylation is 1. The van der Waals surface area contributed by atoms with Gasteiger partial charge in [0, 0.05) is 39.4 Å². The first kappa shape index (κ1) is 51.5. The van der Waals surface area contributed by atoms with E-state index >= 15 is 0 Å². The summed E-state index contributed by atoms with van der Waals surface area (Å²) >= 11 is 0. The second kappa shape index (κ2) is 21.7. The summed E-state index contributed by atoms with van der Waals surface area (Å²) in [6.07, 6.45) is 3.11. The van der Waals surface area contributed by atoms with Crippen LogP contribution < -0.4 is 26.6 Å². The Bertz CT molecular complexity index is 4260. The minimum atomic E-state index is -0.200. The topological polar surface area (TPSA) is 15.3 Å².